The lowest BCUT2D eigenvalue weighted by atomic mass is 10.1. The minimum absolute atomic E-state index is 0.265. The number of carbonyl (C=O) groups excluding carboxylic acids is 1. The van der Waals surface area contributed by atoms with Crippen molar-refractivity contribution in [1.82, 2.24) is 0 Å². The third-order valence-electron chi connectivity index (χ3n) is 2.02. The van der Waals surface area contributed by atoms with Crippen molar-refractivity contribution in [3.8, 4) is 0 Å². The van der Waals surface area contributed by atoms with E-state index in [-0.39, 0.29) is 5.97 Å². The highest BCUT2D eigenvalue weighted by molar-refractivity contribution is 5.88. The maximum Gasteiger partial charge on any atom is 0.341 e. The van der Waals surface area contributed by atoms with Gasteiger partial charge in [-0.25, -0.2) is 4.79 Å². The zero-order chi connectivity index (χ0) is 10.8. The number of hydrogen-bond donors (Lipinski definition) is 0. The summed E-state index contributed by atoms with van der Waals surface area (Å²) in [6.45, 7) is 7.88. The van der Waals surface area contributed by atoms with Crippen LogP contribution in [0.15, 0.2) is 17.9 Å². The molecule has 0 aromatic rings. The summed E-state index contributed by atoms with van der Waals surface area (Å²) in [5.41, 5.74) is 3.24. The number of hydrogen-bond acceptors (Lipinski definition) is 2. The van der Waals surface area contributed by atoms with Crippen molar-refractivity contribution in [2.45, 2.75) is 46.0 Å². The lowest BCUT2D eigenvalue weighted by molar-refractivity contribution is -0.138. The van der Waals surface area contributed by atoms with Crippen LogP contribution < -0.4 is 0 Å². The van der Waals surface area contributed by atoms with E-state index in [0.29, 0.717) is 12.2 Å². The molecule has 0 rings (SSSR count). The summed E-state index contributed by atoms with van der Waals surface area (Å²) in [7, 11) is 0. The number of esters is 1. The Morgan fingerprint density at radius 3 is 2.50 bits per heavy atom. The fourth-order valence-corrected chi connectivity index (χ4v) is 1.21. The second kappa shape index (κ2) is 8.58. The second-order valence-electron chi connectivity index (χ2n) is 3.19. The van der Waals surface area contributed by atoms with Gasteiger partial charge < -0.3 is 4.74 Å². The molecule has 0 amide bonds. The number of ether oxygens (including phenoxy) is 1. The van der Waals surface area contributed by atoms with Crippen LogP contribution in [0.1, 0.15) is 46.0 Å². The SMILES string of the molecule is C=C=C(CCCCCC)C(=O)OCC. The van der Waals surface area contributed by atoms with Crippen molar-refractivity contribution in [3.05, 3.63) is 17.9 Å². The van der Waals surface area contributed by atoms with E-state index >= 15 is 0 Å². The van der Waals surface area contributed by atoms with Gasteiger partial charge in [0.1, 0.15) is 0 Å². The zero-order valence-corrected chi connectivity index (χ0v) is 9.27. The van der Waals surface area contributed by atoms with Gasteiger partial charge >= 0.3 is 5.97 Å². The van der Waals surface area contributed by atoms with Crippen molar-refractivity contribution in [3.63, 3.8) is 0 Å². The molecule has 0 aromatic carbocycles. The molecule has 0 aromatic heterocycles. The van der Waals surface area contributed by atoms with E-state index in [1.54, 1.807) is 6.92 Å². The highest BCUT2D eigenvalue weighted by atomic mass is 16.5. The Bertz CT molecular complexity index is 212. The summed E-state index contributed by atoms with van der Waals surface area (Å²) < 4.78 is 4.87. The fourth-order valence-electron chi connectivity index (χ4n) is 1.21. The van der Waals surface area contributed by atoms with Crippen LogP contribution in [0.4, 0.5) is 0 Å². The molecule has 0 fully saturated rings. The van der Waals surface area contributed by atoms with Crippen molar-refractivity contribution < 1.29 is 9.53 Å². The van der Waals surface area contributed by atoms with Crippen LogP contribution in [-0.2, 0) is 9.53 Å². The maximum atomic E-state index is 11.3. The molecule has 2 heteroatoms. The van der Waals surface area contributed by atoms with Crippen molar-refractivity contribution in [2.24, 2.45) is 0 Å². The van der Waals surface area contributed by atoms with Gasteiger partial charge in [-0.3, -0.25) is 0 Å². The minimum Gasteiger partial charge on any atom is -0.462 e. The summed E-state index contributed by atoms with van der Waals surface area (Å²) in [6.07, 6.45) is 5.33. The molecule has 80 valence electrons. The standard InChI is InChI=1S/C12H20O2/c1-4-7-8-9-10-11(5-2)12(13)14-6-3/h2,4,6-10H2,1,3H3. The van der Waals surface area contributed by atoms with Gasteiger partial charge in [-0.05, 0) is 19.8 Å². The molecule has 0 atom stereocenters. The molecule has 0 radical (unpaired) electrons. The Morgan fingerprint density at radius 2 is 2.00 bits per heavy atom. The van der Waals surface area contributed by atoms with Gasteiger partial charge in [0, 0.05) is 0 Å². The van der Waals surface area contributed by atoms with E-state index in [0.717, 1.165) is 19.3 Å². The van der Waals surface area contributed by atoms with Crippen LogP contribution in [0.25, 0.3) is 0 Å². The first-order valence-corrected chi connectivity index (χ1v) is 5.32. The molecule has 0 aliphatic carbocycles. The van der Waals surface area contributed by atoms with E-state index in [1.807, 2.05) is 0 Å². The summed E-state index contributed by atoms with van der Waals surface area (Å²) in [5, 5.41) is 0. The highest BCUT2D eigenvalue weighted by Gasteiger charge is 2.08. The smallest absolute Gasteiger partial charge is 0.341 e. The lowest BCUT2D eigenvalue weighted by Crippen LogP contribution is -2.06. The first-order valence-electron chi connectivity index (χ1n) is 5.32. The molecule has 0 heterocycles. The Labute approximate surface area is 86.6 Å². The number of rotatable bonds is 7. The Balaban J connectivity index is 3.81. The summed E-state index contributed by atoms with van der Waals surface area (Å²) in [6, 6.07) is 0. The van der Waals surface area contributed by atoms with Crippen molar-refractivity contribution in [2.75, 3.05) is 6.61 Å². The van der Waals surface area contributed by atoms with Gasteiger partial charge in [-0.15, -0.1) is 5.73 Å². The molecule has 0 bridgehead atoms. The van der Waals surface area contributed by atoms with Crippen molar-refractivity contribution in [1.29, 1.82) is 0 Å². The molecule has 0 spiro atoms. The van der Waals surface area contributed by atoms with E-state index in [4.69, 9.17) is 4.74 Å². The van der Waals surface area contributed by atoms with E-state index in [9.17, 15) is 4.79 Å². The normalized spacial score (nSPS) is 9.29. The van der Waals surface area contributed by atoms with Gasteiger partial charge in [-0.1, -0.05) is 32.8 Å². The largest absolute Gasteiger partial charge is 0.462 e. The predicted molar refractivity (Wildman–Crippen MR) is 58.0 cm³/mol. The van der Waals surface area contributed by atoms with E-state index < -0.39 is 0 Å². The highest BCUT2D eigenvalue weighted by Crippen LogP contribution is 2.10. The minimum atomic E-state index is -0.265. The molecule has 0 N–H and O–H groups in total. The van der Waals surface area contributed by atoms with Crippen LogP contribution in [0.2, 0.25) is 0 Å². The molecular formula is C12H20O2. The Kier molecular flexibility index (Phi) is 7.96. The average Bonchev–Trinajstić information content (AvgIpc) is 2.18. The monoisotopic (exact) mass is 196 g/mol. The van der Waals surface area contributed by atoms with Crippen LogP contribution in [0.3, 0.4) is 0 Å². The molecule has 0 saturated heterocycles. The maximum absolute atomic E-state index is 11.3. The van der Waals surface area contributed by atoms with Crippen LogP contribution in [-0.4, -0.2) is 12.6 Å². The fraction of sp³-hybridized carbons (Fsp3) is 0.667. The summed E-state index contributed by atoms with van der Waals surface area (Å²) in [4.78, 5) is 11.3. The van der Waals surface area contributed by atoms with Crippen LogP contribution in [0.5, 0.6) is 0 Å². The Hall–Kier alpha value is -1.01. The van der Waals surface area contributed by atoms with Crippen LogP contribution >= 0.6 is 0 Å². The zero-order valence-electron chi connectivity index (χ0n) is 9.27. The molecule has 0 aliphatic heterocycles. The molecule has 0 aliphatic rings. The molecular weight excluding hydrogens is 176 g/mol. The average molecular weight is 196 g/mol. The van der Waals surface area contributed by atoms with Crippen molar-refractivity contribution >= 4 is 5.97 Å². The number of unbranched alkanes of at least 4 members (excludes halogenated alkanes) is 3. The van der Waals surface area contributed by atoms with Gasteiger partial charge in [-0.2, -0.15) is 0 Å². The third-order valence-corrected chi connectivity index (χ3v) is 2.02. The first-order chi connectivity index (χ1) is 6.76. The molecule has 0 saturated carbocycles. The van der Waals surface area contributed by atoms with Gasteiger partial charge in [0.2, 0.25) is 0 Å². The van der Waals surface area contributed by atoms with E-state index in [1.165, 1.54) is 12.8 Å². The molecule has 2 nitrogen and oxygen atoms in total. The van der Waals surface area contributed by atoms with Gasteiger partial charge in [0.05, 0.1) is 12.2 Å². The first kappa shape index (κ1) is 13.0. The van der Waals surface area contributed by atoms with Crippen LogP contribution in [0, 0.1) is 0 Å². The second-order valence-corrected chi connectivity index (χ2v) is 3.19. The quantitative estimate of drug-likeness (QED) is 0.270. The van der Waals surface area contributed by atoms with Gasteiger partial charge in [0.15, 0.2) is 0 Å². The number of carbonyl (C=O) groups is 1. The topological polar surface area (TPSA) is 26.3 Å². The van der Waals surface area contributed by atoms with E-state index in [2.05, 4.69) is 19.2 Å². The molecule has 0 unspecified atom stereocenters. The predicted octanol–water partition coefficient (Wildman–Crippen LogP) is 3.23. The lowest BCUT2D eigenvalue weighted by Gasteiger charge is -2.03. The van der Waals surface area contributed by atoms with Gasteiger partial charge in [0.25, 0.3) is 0 Å². The Morgan fingerprint density at radius 1 is 1.29 bits per heavy atom. The summed E-state index contributed by atoms with van der Waals surface area (Å²) >= 11 is 0. The third kappa shape index (κ3) is 5.60. The molecule has 14 heavy (non-hydrogen) atoms. The summed E-state index contributed by atoms with van der Waals surface area (Å²) in [5.74, 6) is -0.265.